The molecular formula is C30H36N2O4. The average molecular weight is 489 g/mol. The number of H-pyrrole nitrogens is 1. The number of methoxy groups -OCH3 is 1. The minimum atomic E-state index is -0.583. The van der Waals surface area contributed by atoms with E-state index in [9.17, 15) is 9.59 Å². The number of ether oxygens (including phenoxy) is 2. The van der Waals surface area contributed by atoms with Crippen LogP contribution in [0.4, 0.5) is 4.79 Å². The van der Waals surface area contributed by atoms with Crippen molar-refractivity contribution in [1.29, 1.82) is 0 Å². The Morgan fingerprint density at radius 2 is 2.03 bits per heavy atom. The van der Waals surface area contributed by atoms with Gasteiger partial charge in [0.15, 0.2) is 0 Å². The highest BCUT2D eigenvalue weighted by atomic mass is 16.6. The van der Waals surface area contributed by atoms with Crippen molar-refractivity contribution in [3.05, 3.63) is 58.8 Å². The molecule has 0 spiro atoms. The Bertz CT molecular complexity index is 1270. The van der Waals surface area contributed by atoms with Gasteiger partial charge in [-0.1, -0.05) is 41.7 Å². The molecule has 190 valence electrons. The summed E-state index contributed by atoms with van der Waals surface area (Å²) in [5.74, 6) is 6.26. The highest BCUT2D eigenvalue weighted by Gasteiger charge is 2.34. The van der Waals surface area contributed by atoms with Gasteiger partial charge in [0.05, 0.1) is 13.2 Å². The van der Waals surface area contributed by atoms with Gasteiger partial charge in [0.25, 0.3) is 0 Å². The number of amides is 1. The number of hydrogen-bond donors (Lipinski definition) is 1. The maximum absolute atomic E-state index is 13.5. The highest BCUT2D eigenvalue weighted by molar-refractivity contribution is 5.84. The quantitative estimate of drug-likeness (QED) is 0.314. The van der Waals surface area contributed by atoms with Gasteiger partial charge in [-0.15, -0.1) is 0 Å². The number of aromatic nitrogens is 1. The zero-order chi connectivity index (χ0) is 25.9. The molecule has 2 atom stereocenters. The molecule has 0 fully saturated rings. The van der Waals surface area contributed by atoms with Gasteiger partial charge in [0.2, 0.25) is 0 Å². The fourth-order valence-electron chi connectivity index (χ4n) is 5.17. The van der Waals surface area contributed by atoms with E-state index in [0.717, 1.165) is 48.9 Å². The predicted molar refractivity (Wildman–Crippen MR) is 141 cm³/mol. The van der Waals surface area contributed by atoms with Crippen molar-refractivity contribution in [2.75, 3.05) is 13.7 Å². The van der Waals surface area contributed by atoms with E-state index in [1.807, 2.05) is 43.9 Å². The van der Waals surface area contributed by atoms with Crippen molar-refractivity contribution in [1.82, 2.24) is 9.88 Å². The maximum Gasteiger partial charge on any atom is 0.410 e. The monoisotopic (exact) mass is 488 g/mol. The average Bonchev–Trinajstić information content (AvgIpc) is 3.16. The highest BCUT2D eigenvalue weighted by Crippen LogP contribution is 2.35. The molecule has 4 rings (SSSR count). The van der Waals surface area contributed by atoms with Crippen molar-refractivity contribution in [3.8, 4) is 11.8 Å². The van der Waals surface area contributed by atoms with Gasteiger partial charge in [-0.05, 0) is 71.4 Å². The van der Waals surface area contributed by atoms with Gasteiger partial charge in [0, 0.05) is 40.7 Å². The van der Waals surface area contributed by atoms with E-state index in [1.165, 1.54) is 29.7 Å². The Hall–Kier alpha value is -3.46. The fourth-order valence-corrected chi connectivity index (χ4v) is 5.17. The lowest BCUT2D eigenvalue weighted by Crippen LogP contribution is -2.46. The summed E-state index contributed by atoms with van der Waals surface area (Å²) in [6, 6.07) is 8.18. The first-order valence-corrected chi connectivity index (χ1v) is 12.7. The molecule has 6 heteroatoms. The summed E-state index contributed by atoms with van der Waals surface area (Å²) in [5.41, 5.74) is 5.21. The van der Waals surface area contributed by atoms with E-state index in [1.54, 1.807) is 0 Å². The molecule has 0 bridgehead atoms. The molecule has 1 amide bonds. The van der Waals surface area contributed by atoms with Crippen LogP contribution in [-0.4, -0.2) is 47.2 Å². The first-order chi connectivity index (χ1) is 17.2. The molecule has 36 heavy (non-hydrogen) atoms. The van der Waals surface area contributed by atoms with E-state index >= 15 is 0 Å². The number of nitrogens with zero attached hydrogens (tertiary/aromatic N) is 1. The zero-order valence-electron chi connectivity index (χ0n) is 21.9. The molecule has 1 aromatic carbocycles. The molecule has 6 nitrogen and oxygen atoms in total. The van der Waals surface area contributed by atoms with E-state index in [-0.39, 0.29) is 24.0 Å². The number of rotatable bonds is 6. The van der Waals surface area contributed by atoms with E-state index in [2.05, 4.69) is 35.9 Å². The van der Waals surface area contributed by atoms with Crippen LogP contribution in [0.5, 0.6) is 0 Å². The molecule has 2 unspecified atom stereocenters. The molecule has 0 radical (unpaired) electrons. The third-order valence-corrected chi connectivity index (χ3v) is 6.83. The summed E-state index contributed by atoms with van der Waals surface area (Å²) in [6.45, 7) is 8.33. The van der Waals surface area contributed by atoms with Crippen molar-refractivity contribution in [3.63, 3.8) is 0 Å². The summed E-state index contributed by atoms with van der Waals surface area (Å²) in [6.07, 6.45) is 7.29. The third kappa shape index (κ3) is 5.84. The molecule has 2 aliphatic rings. The zero-order valence-corrected chi connectivity index (χ0v) is 21.9. The number of carbonyl (C=O) groups is 2. The first-order valence-electron chi connectivity index (χ1n) is 12.7. The lowest BCUT2D eigenvalue weighted by molar-refractivity contribution is -0.134. The Morgan fingerprint density at radius 1 is 1.25 bits per heavy atom. The normalized spacial score (nSPS) is 19.6. The molecule has 1 N–H and O–H groups in total. The maximum atomic E-state index is 13.5. The predicted octanol–water partition coefficient (Wildman–Crippen LogP) is 5.86. The van der Waals surface area contributed by atoms with E-state index in [4.69, 9.17) is 9.47 Å². The molecule has 2 aromatic rings. The molecule has 1 aromatic heterocycles. The van der Waals surface area contributed by atoms with Crippen LogP contribution in [0.3, 0.4) is 0 Å². The number of para-hydroxylation sites is 1. The third-order valence-electron chi connectivity index (χ3n) is 6.83. The van der Waals surface area contributed by atoms with E-state index in [0.29, 0.717) is 6.54 Å². The van der Waals surface area contributed by atoms with Gasteiger partial charge in [-0.3, -0.25) is 0 Å². The fraction of sp³-hybridized carbons (Fsp3) is 0.467. The van der Waals surface area contributed by atoms with Crippen molar-refractivity contribution in [2.45, 2.75) is 71.4 Å². The molecule has 2 aliphatic carbocycles. The minimum absolute atomic E-state index is 0.0227. The Kier molecular flexibility index (Phi) is 7.59. The largest absolute Gasteiger partial charge is 0.466 e. The molecule has 1 heterocycles. The van der Waals surface area contributed by atoms with Gasteiger partial charge >= 0.3 is 12.1 Å². The van der Waals surface area contributed by atoms with Crippen LogP contribution in [0, 0.1) is 24.7 Å². The summed E-state index contributed by atoms with van der Waals surface area (Å²) in [4.78, 5) is 30.3. The molecule has 0 saturated carbocycles. The van der Waals surface area contributed by atoms with Crippen LogP contribution in [-0.2, 0) is 20.7 Å². The second-order valence-corrected chi connectivity index (χ2v) is 10.6. The van der Waals surface area contributed by atoms with Crippen LogP contribution in [0.1, 0.15) is 57.7 Å². The van der Waals surface area contributed by atoms with Crippen LogP contribution in [0.15, 0.2) is 47.6 Å². The standard InChI is InChI=1S/C30H36N2O4/c1-20-23(25-10-6-7-11-26(25)31-20)17-18-32(29(34)36-30(2,3)4)27-12-8-9-22-19-21(13-15-24(22)27)14-16-28(33)35-5/h6-7,10-11,14,16,21,27,31H,8-9,12,17-19H2,1-5H3/b16-14+. The topological polar surface area (TPSA) is 71.6 Å². The van der Waals surface area contributed by atoms with Gasteiger partial charge in [0.1, 0.15) is 5.60 Å². The second kappa shape index (κ2) is 10.7. The number of fused-ring (bicyclic) bond motifs is 1. The number of esters is 1. The lowest BCUT2D eigenvalue weighted by Gasteiger charge is -2.38. The number of allylic oxidation sites excluding steroid dienone is 2. The Balaban J connectivity index is 1.60. The van der Waals surface area contributed by atoms with Gasteiger partial charge in [-0.25, -0.2) is 9.59 Å². The molecule has 0 aliphatic heterocycles. The van der Waals surface area contributed by atoms with Gasteiger partial charge < -0.3 is 19.4 Å². The van der Waals surface area contributed by atoms with E-state index < -0.39 is 5.60 Å². The minimum Gasteiger partial charge on any atom is -0.466 e. The van der Waals surface area contributed by atoms with Crippen LogP contribution in [0.25, 0.3) is 10.9 Å². The number of aromatic amines is 1. The smallest absolute Gasteiger partial charge is 0.410 e. The SMILES string of the molecule is COC(=O)/C=C/C1C#CC2=C(CCCC2N(CCc2c(C)[nH]c3ccccc23)C(=O)OC(C)(C)C)C1. The summed E-state index contributed by atoms with van der Waals surface area (Å²) in [7, 11) is 1.37. The number of benzene rings is 1. The van der Waals surface area contributed by atoms with Crippen molar-refractivity contribution < 1.29 is 19.1 Å². The molecular weight excluding hydrogens is 452 g/mol. The van der Waals surface area contributed by atoms with Crippen LogP contribution < -0.4 is 0 Å². The summed E-state index contributed by atoms with van der Waals surface area (Å²) in [5, 5.41) is 1.19. The number of nitrogens with one attached hydrogen (secondary N) is 1. The van der Waals surface area contributed by atoms with Gasteiger partial charge in [-0.2, -0.15) is 0 Å². The first kappa shape index (κ1) is 25.6. The van der Waals surface area contributed by atoms with Crippen molar-refractivity contribution in [2.24, 2.45) is 5.92 Å². The van der Waals surface area contributed by atoms with Crippen LogP contribution >= 0.6 is 0 Å². The van der Waals surface area contributed by atoms with Crippen molar-refractivity contribution >= 4 is 23.0 Å². The number of aryl methyl sites for hydroxylation is 1. The molecule has 0 saturated heterocycles. The van der Waals surface area contributed by atoms with Crippen LogP contribution in [0.2, 0.25) is 0 Å². The number of hydrogen-bond acceptors (Lipinski definition) is 4. The Morgan fingerprint density at radius 3 is 2.78 bits per heavy atom. The Labute approximate surface area is 213 Å². The second-order valence-electron chi connectivity index (χ2n) is 10.6. The summed E-state index contributed by atoms with van der Waals surface area (Å²) < 4.78 is 10.6. The number of carbonyl (C=O) groups excluding carboxylic acids is 2. The summed E-state index contributed by atoms with van der Waals surface area (Å²) >= 11 is 0. The lowest BCUT2D eigenvalue weighted by atomic mass is 9.80.